The van der Waals surface area contributed by atoms with Gasteiger partial charge in [-0.3, -0.25) is 4.68 Å². The molecule has 0 spiro atoms. The number of nitrogens with one attached hydrogen (secondary N) is 1. The maximum Gasteiger partial charge on any atom is 0.410 e. The molecule has 2 amide bonds. The normalized spacial score (nSPS) is 20.4. The Hall–Kier alpha value is -3.01. The number of carbonyl (C=O) groups excluding carboxylic acids is 2. The summed E-state index contributed by atoms with van der Waals surface area (Å²) in [5.74, 6) is 0. The lowest BCUT2D eigenvalue weighted by atomic mass is 10.0. The smallest absolute Gasteiger partial charge is 0.410 e. The van der Waals surface area contributed by atoms with Gasteiger partial charge in [0.25, 0.3) is 0 Å². The molecule has 0 unspecified atom stereocenters. The van der Waals surface area contributed by atoms with E-state index in [0.29, 0.717) is 24.8 Å². The van der Waals surface area contributed by atoms with E-state index in [2.05, 4.69) is 20.3 Å². The summed E-state index contributed by atoms with van der Waals surface area (Å²) in [6.45, 7) is 13.8. The van der Waals surface area contributed by atoms with E-state index in [1.165, 1.54) is 0 Å². The molecule has 2 saturated heterocycles. The molecule has 1 N–H and O–H groups in total. The molecule has 38 heavy (non-hydrogen) atoms. The summed E-state index contributed by atoms with van der Waals surface area (Å²) in [4.78, 5) is 33.1. The Kier molecular flexibility index (Phi) is 8.11. The lowest BCUT2D eigenvalue weighted by Gasteiger charge is -2.36. The van der Waals surface area contributed by atoms with Gasteiger partial charge >= 0.3 is 12.2 Å². The fourth-order valence-corrected chi connectivity index (χ4v) is 4.97. The zero-order chi connectivity index (χ0) is 27.7. The van der Waals surface area contributed by atoms with Crippen LogP contribution in [0, 0.1) is 0 Å². The zero-order valence-corrected chi connectivity index (χ0v) is 23.9. The van der Waals surface area contributed by atoms with E-state index in [1.54, 1.807) is 11.1 Å². The summed E-state index contributed by atoms with van der Waals surface area (Å²) in [6, 6.07) is 1.89. The highest BCUT2D eigenvalue weighted by Crippen LogP contribution is 2.35. The first-order valence-corrected chi connectivity index (χ1v) is 13.6. The molecule has 0 aliphatic carbocycles. The molecule has 11 heteroatoms. The van der Waals surface area contributed by atoms with E-state index in [0.717, 1.165) is 42.6 Å². The van der Waals surface area contributed by atoms with Crippen LogP contribution in [0.5, 0.6) is 0 Å². The number of hydrogen-bond donors (Lipinski definition) is 1. The number of amides is 2. The molecule has 4 rings (SSSR count). The van der Waals surface area contributed by atoms with E-state index in [-0.39, 0.29) is 18.2 Å². The van der Waals surface area contributed by atoms with Crippen molar-refractivity contribution in [3.8, 4) is 11.1 Å². The lowest BCUT2D eigenvalue weighted by Crippen LogP contribution is -2.49. The average Bonchev–Trinajstić information content (AvgIpc) is 3.47. The molecular weight excluding hydrogens is 508 g/mol. The second-order valence-corrected chi connectivity index (χ2v) is 12.4. The Bertz CT molecular complexity index is 1160. The van der Waals surface area contributed by atoms with Gasteiger partial charge in [0.1, 0.15) is 16.4 Å². The Morgan fingerprint density at radius 2 is 1.76 bits per heavy atom. The van der Waals surface area contributed by atoms with Crippen LogP contribution in [-0.4, -0.2) is 75.3 Å². The number of alkyl carbamates (subject to hydrolysis) is 1. The number of piperidine rings is 1. The highest BCUT2D eigenvalue weighted by atomic mass is 35.5. The van der Waals surface area contributed by atoms with Crippen LogP contribution >= 0.6 is 11.6 Å². The number of nitrogens with zero attached hydrogens (tertiary/aromatic N) is 5. The molecular formula is C27H39ClN6O4. The summed E-state index contributed by atoms with van der Waals surface area (Å²) >= 11 is 6.32. The van der Waals surface area contributed by atoms with Crippen molar-refractivity contribution >= 4 is 29.5 Å². The topological polar surface area (TPSA) is 102 Å². The van der Waals surface area contributed by atoms with E-state index >= 15 is 0 Å². The van der Waals surface area contributed by atoms with Crippen LogP contribution < -0.4 is 10.2 Å². The molecule has 208 valence electrons. The minimum atomic E-state index is -0.548. The number of aromatic nitrogens is 3. The van der Waals surface area contributed by atoms with Gasteiger partial charge in [-0.2, -0.15) is 5.10 Å². The van der Waals surface area contributed by atoms with Gasteiger partial charge in [0.05, 0.1) is 12.2 Å². The number of hydrogen-bond acceptors (Lipinski definition) is 7. The van der Waals surface area contributed by atoms with Gasteiger partial charge in [-0.15, -0.1) is 0 Å². The van der Waals surface area contributed by atoms with Crippen LogP contribution in [0.3, 0.4) is 0 Å². The number of likely N-dealkylation sites (tertiary alicyclic amines) is 1. The minimum Gasteiger partial charge on any atom is -0.444 e. The number of halogens is 1. The number of carbonyl (C=O) groups is 2. The monoisotopic (exact) mass is 546 g/mol. The van der Waals surface area contributed by atoms with Crippen LogP contribution in [0.1, 0.15) is 66.8 Å². The van der Waals surface area contributed by atoms with Crippen molar-refractivity contribution in [1.29, 1.82) is 0 Å². The maximum absolute atomic E-state index is 12.5. The Morgan fingerprint density at radius 3 is 2.47 bits per heavy atom. The molecule has 2 aromatic heterocycles. The molecule has 10 nitrogen and oxygen atoms in total. The molecule has 2 aromatic rings. The molecule has 2 aliphatic rings. The SMILES string of the molecule is CC(C)(C)OC(=O)N[C@H]1CCCN(c2cc(Cl)ncc2-c2cnn([C@@H]3CCN(C(=O)OC(C)(C)C)C3)c2)C1. The lowest BCUT2D eigenvalue weighted by molar-refractivity contribution is 0.0288. The molecule has 0 aromatic carbocycles. The van der Waals surface area contributed by atoms with Gasteiger partial charge in [0.15, 0.2) is 0 Å². The third-order valence-electron chi connectivity index (χ3n) is 6.43. The van der Waals surface area contributed by atoms with E-state index in [1.807, 2.05) is 64.7 Å². The highest BCUT2D eigenvalue weighted by molar-refractivity contribution is 6.29. The van der Waals surface area contributed by atoms with Gasteiger partial charge in [-0.05, 0) is 66.9 Å². The van der Waals surface area contributed by atoms with E-state index < -0.39 is 17.3 Å². The Morgan fingerprint density at radius 1 is 1.03 bits per heavy atom. The summed E-state index contributed by atoms with van der Waals surface area (Å²) in [5.41, 5.74) is 1.71. The third kappa shape index (κ3) is 7.30. The van der Waals surface area contributed by atoms with Gasteiger partial charge in [-0.1, -0.05) is 11.6 Å². The van der Waals surface area contributed by atoms with Crippen LogP contribution in [0.4, 0.5) is 15.3 Å². The van der Waals surface area contributed by atoms with Crippen molar-refractivity contribution in [3.63, 3.8) is 0 Å². The van der Waals surface area contributed by atoms with Crippen molar-refractivity contribution in [2.75, 3.05) is 31.1 Å². The van der Waals surface area contributed by atoms with Gasteiger partial charge in [0, 0.05) is 61.4 Å². The van der Waals surface area contributed by atoms with Gasteiger partial charge in [-0.25, -0.2) is 14.6 Å². The minimum absolute atomic E-state index is 0.0431. The Labute approximate surface area is 229 Å². The second-order valence-electron chi connectivity index (χ2n) is 12.0. The molecule has 0 saturated carbocycles. The number of anilines is 1. The summed E-state index contributed by atoms with van der Waals surface area (Å²) < 4.78 is 12.9. The molecule has 2 aliphatic heterocycles. The number of ether oxygens (including phenoxy) is 2. The van der Waals surface area contributed by atoms with Crippen molar-refractivity contribution < 1.29 is 19.1 Å². The fraction of sp³-hybridized carbons (Fsp3) is 0.630. The predicted molar refractivity (Wildman–Crippen MR) is 147 cm³/mol. The molecule has 0 radical (unpaired) electrons. The maximum atomic E-state index is 12.5. The van der Waals surface area contributed by atoms with Crippen molar-refractivity contribution in [2.45, 2.75) is 84.1 Å². The van der Waals surface area contributed by atoms with Gasteiger partial charge in [0.2, 0.25) is 0 Å². The van der Waals surface area contributed by atoms with Gasteiger partial charge < -0.3 is 24.6 Å². The second kappa shape index (κ2) is 11.0. The van der Waals surface area contributed by atoms with Crippen LogP contribution in [0.25, 0.3) is 11.1 Å². The predicted octanol–water partition coefficient (Wildman–Crippen LogP) is 5.27. The van der Waals surface area contributed by atoms with Crippen molar-refractivity contribution in [2.24, 2.45) is 0 Å². The highest BCUT2D eigenvalue weighted by Gasteiger charge is 2.32. The number of rotatable bonds is 4. The standard InChI is InChI=1S/C27H39ClN6O4/c1-26(2,3)37-24(35)31-19-8-7-10-32(16-19)22-12-23(28)29-14-21(22)18-13-30-34(15-18)20-9-11-33(17-20)25(36)38-27(4,5)6/h12-15,19-20H,7-11,16-17H2,1-6H3,(H,31,35)/t19-,20+/m0/s1. The Balaban J connectivity index is 1.47. The average molecular weight is 547 g/mol. The largest absolute Gasteiger partial charge is 0.444 e. The first-order valence-electron chi connectivity index (χ1n) is 13.2. The summed E-state index contributed by atoms with van der Waals surface area (Å²) in [6.07, 6.45) is 7.48. The molecule has 4 heterocycles. The number of pyridine rings is 1. The summed E-state index contributed by atoms with van der Waals surface area (Å²) in [5, 5.41) is 8.04. The van der Waals surface area contributed by atoms with Crippen LogP contribution in [0.15, 0.2) is 24.7 Å². The first kappa shape index (κ1) is 28.0. The third-order valence-corrected chi connectivity index (χ3v) is 6.64. The van der Waals surface area contributed by atoms with Crippen molar-refractivity contribution in [1.82, 2.24) is 25.0 Å². The molecule has 2 fully saturated rings. The van der Waals surface area contributed by atoms with Crippen molar-refractivity contribution in [3.05, 3.63) is 29.8 Å². The molecule has 2 atom stereocenters. The summed E-state index contributed by atoms with van der Waals surface area (Å²) in [7, 11) is 0. The fourth-order valence-electron chi connectivity index (χ4n) is 4.82. The van der Waals surface area contributed by atoms with Crippen LogP contribution in [0.2, 0.25) is 5.15 Å². The first-order chi connectivity index (χ1) is 17.8. The zero-order valence-electron chi connectivity index (χ0n) is 23.2. The van der Waals surface area contributed by atoms with E-state index in [4.69, 9.17) is 21.1 Å². The molecule has 0 bridgehead atoms. The van der Waals surface area contributed by atoms with E-state index in [9.17, 15) is 9.59 Å². The quantitative estimate of drug-likeness (QED) is 0.521. The van der Waals surface area contributed by atoms with Crippen LogP contribution in [-0.2, 0) is 9.47 Å².